The number of fused-ring (bicyclic) bond motifs is 1. The third-order valence-electron chi connectivity index (χ3n) is 3.24. The number of piperidine rings is 1. The summed E-state index contributed by atoms with van der Waals surface area (Å²) in [4.78, 5) is 0. The fourth-order valence-corrected chi connectivity index (χ4v) is 3.15. The van der Waals surface area contributed by atoms with Crippen molar-refractivity contribution >= 4 is 21.4 Å². The predicted octanol–water partition coefficient (Wildman–Crippen LogP) is 3.37. The monoisotopic (exact) mass is 217 g/mol. The minimum atomic E-state index is 0.725. The van der Waals surface area contributed by atoms with Gasteiger partial charge in [-0.05, 0) is 59.8 Å². The van der Waals surface area contributed by atoms with Crippen LogP contribution in [0.2, 0.25) is 0 Å². The summed E-state index contributed by atoms with van der Waals surface area (Å²) in [5.41, 5.74) is 1.51. The molecule has 1 aliphatic heterocycles. The van der Waals surface area contributed by atoms with E-state index in [0.717, 1.165) is 12.5 Å². The van der Waals surface area contributed by atoms with Crippen molar-refractivity contribution in [2.45, 2.75) is 18.8 Å². The summed E-state index contributed by atoms with van der Waals surface area (Å²) in [6.07, 6.45) is 2.65. The van der Waals surface area contributed by atoms with Crippen molar-refractivity contribution in [2.24, 2.45) is 0 Å². The van der Waals surface area contributed by atoms with E-state index in [1.54, 1.807) is 0 Å². The average Bonchev–Trinajstić information content (AvgIpc) is 2.77. The molecule has 0 aliphatic carbocycles. The molecule has 1 saturated heterocycles. The molecule has 0 spiro atoms. The van der Waals surface area contributed by atoms with Crippen LogP contribution in [0.4, 0.5) is 0 Å². The Kier molecular flexibility index (Phi) is 2.47. The second kappa shape index (κ2) is 3.95. The maximum absolute atomic E-state index is 3.48. The zero-order valence-electron chi connectivity index (χ0n) is 8.70. The van der Waals surface area contributed by atoms with E-state index in [2.05, 4.69) is 35.0 Å². The van der Waals surface area contributed by atoms with Crippen LogP contribution < -0.4 is 5.32 Å². The first-order chi connectivity index (χ1) is 7.43. The van der Waals surface area contributed by atoms with Gasteiger partial charge in [0, 0.05) is 11.2 Å². The summed E-state index contributed by atoms with van der Waals surface area (Å²) in [5.74, 6) is 0.725. The first-order valence-corrected chi connectivity index (χ1v) is 6.49. The lowest BCUT2D eigenvalue weighted by Gasteiger charge is -2.23. The summed E-state index contributed by atoms with van der Waals surface area (Å²) in [7, 11) is 0. The Morgan fingerprint density at radius 3 is 3.13 bits per heavy atom. The number of thiophene rings is 1. The average molecular weight is 217 g/mol. The number of hydrogen-bond donors (Lipinski definition) is 1. The summed E-state index contributed by atoms with van der Waals surface area (Å²) in [6, 6.07) is 9.16. The van der Waals surface area contributed by atoms with Gasteiger partial charge in [-0.25, -0.2) is 0 Å². The van der Waals surface area contributed by atoms with E-state index in [1.807, 2.05) is 11.3 Å². The molecule has 1 N–H and O–H groups in total. The van der Waals surface area contributed by atoms with Gasteiger partial charge in [0.2, 0.25) is 0 Å². The van der Waals surface area contributed by atoms with Gasteiger partial charge in [-0.2, -0.15) is 0 Å². The van der Waals surface area contributed by atoms with Gasteiger partial charge >= 0.3 is 0 Å². The number of hydrogen-bond acceptors (Lipinski definition) is 2. The molecular formula is C13H15NS. The molecular weight excluding hydrogens is 202 g/mol. The van der Waals surface area contributed by atoms with Crippen LogP contribution in [0.25, 0.3) is 10.1 Å². The first-order valence-electron chi connectivity index (χ1n) is 5.61. The fourth-order valence-electron chi connectivity index (χ4n) is 2.38. The molecule has 2 aromatic rings. The van der Waals surface area contributed by atoms with E-state index in [4.69, 9.17) is 0 Å². The molecule has 0 amide bonds. The largest absolute Gasteiger partial charge is 0.316 e. The lowest BCUT2D eigenvalue weighted by atomic mass is 9.91. The van der Waals surface area contributed by atoms with Gasteiger partial charge in [0.15, 0.2) is 0 Å². The molecule has 1 atom stereocenters. The maximum Gasteiger partial charge on any atom is 0.0342 e. The zero-order chi connectivity index (χ0) is 10.1. The predicted molar refractivity (Wildman–Crippen MR) is 66.7 cm³/mol. The third-order valence-corrected chi connectivity index (χ3v) is 4.14. The van der Waals surface area contributed by atoms with Crippen LogP contribution in [-0.2, 0) is 0 Å². The smallest absolute Gasteiger partial charge is 0.0342 e. The molecule has 1 aromatic heterocycles. The van der Waals surface area contributed by atoms with Gasteiger partial charge in [-0.1, -0.05) is 6.07 Å². The van der Waals surface area contributed by atoms with Crippen molar-refractivity contribution < 1.29 is 0 Å². The van der Waals surface area contributed by atoms with Crippen molar-refractivity contribution in [1.82, 2.24) is 5.32 Å². The zero-order valence-corrected chi connectivity index (χ0v) is 9.52. The Balaban J connectivity index is 1.95. The number of benzene rings is 1. The Morgan fingerprint density at radius 2 is 2.27 bits per heavy atom. The highest BCUT2D eigenvalue weighted by atomic mass is 32.1. The molecule has 1 aromatic carbocycles. The second-order valence-corrected chi connectivity index (χ2v) is 5.21. The highest BCUT2D eigenvalue weighted by Gasteiger charge is 2.15. The first kappa shape index (κ1) is 9.37. The highest BCUT2D eigenvalue weighted by molar-refractivity contribution is 7.17. The van der Waals surface area contributed by atoms with Crippen LogP contribution in [-0.4, -0.2) is 13.1 Å². The minimum absolute atomic E-state index is 0.725. The normalized spacial score (nSPS) is 22.0. The van der Waals surface area contributed by atoms with E-state index >= 15 is 0 Å². The van der Waals surface area contributed by atoms with E-state index in [9.17, 15) is 0 Å². The summed E-state index contributed by atoms with van der Waals surface area (Å²) in [5, 5.41) is 7.06. The van der Waals surface area contributed by atoms with Gasteiger partial charge in [-0.3, -0.25) is 0 Å². The van der Waals surface area contributed by atoms with E-state index in [0.29, 0.717) is 0 Å². The van der Waals surface area contributed by atoms with Gasteiger partial charge < -0.3 is 5.32 Å². The molecule has 1 aliphatic rings. The molecule has 0 radical (unpaired) electrons. The number of rotatable bonds is 1. The molecule has 78 valence electrons. The fraction of sp³-hybridized carbons (Fsp3) is 0.385. The molecule has 15 heavy (non-hydrogen) atoms. The molecule has 1 fully saturated rings. The maximum atomic E-state index is 3.48. The summed E-state index contributed by atoms with van der Waals surface area (Å²) < 4.78 is 1.41. The van der Waals surface area contributed by atoms with Gasteiger partial charge in [0.25, 0.3) is 0 Å². The van der Waals surface area contributed by atoms with E-state index in [1.165, 1.54) is 35.0 Å². The van der Waals surface area contributed by atoms with Crippen LogP contribution in [0.1, 0.15) is 24.3 Å². The standard InChI is InChI=1S/C13H15NS/c1-2-12(9-14-6-1)10-3-4-13-11(8-10)5-7-15-13/h3-5,7-8,12,14H,1-2,6,9H2. The van der Waals surface area contributed by atoms with Crippen molar-refractivity contribution in [1.29, 1.82) is 0 Å². The second-order valence-electron chi connectivity index (χ2n) is 4.26. The Morgan fingerprint density at radius 1 is 1.27 bits per heavy atom. The van der Waals surface area contributed by atoms with Crippen molar-refractivity contribution in [3.63, 3.8) is 0 Å². The van der Waals surface area contributed by atoms with E-state index in [-0.39, 0.29) is 0 Å². The summed E-state index contributed by atoms with van der Waals surface area (Å²) in [6.45, 7) is 2.34. The van der Waals surface area contributed by atoms with E-state index < -0.39 is 0 Å². The molecule has 3 rings (SSSR count). The lowest BCUT2D eigenvalue weighted by molar-refractivity contribution is 0.462. The Bertz CT molecular complexity index is 454. The van der Waals surface area contributed by atoms with Crippen LogP contribution in [0.3, 0.4) is 0 Å². The SMILES string of the molecule is c1cc2cc(C3CCCNC3)ccc2s1. The molecule has 0 bridgehead atoms. The quantitative estimate of drug-likeness (QED) is 0.772. The van der Waals surface area contributed by atoms with Crippen molar-refractivity contribution in [3.05, 3.63) is 35.2 Å². The minimum Gasteiger partial charge on any atom is -0.316 e. The van der Waals surface area contributed by atoms with Crippen molar-refractivity contribution in [2.75, 3.05) is 13.1 Å². The molecule has 2 heterocycles. The third kappa shape index (κ3) is 1.80. The molecule has 1 nitrogen and oxygen atoms in total. The molecule has 0 saturated carbocycles. The summed E-state index contributed by atoms with van der Waals surface area (Å²) >= 11 is 1.83. The van der Waals surface area contributed by atoms with Crippen LogP contribution in [0.15, 0.2) is 29.6 Å². The van der Waals surface area contributed by atoms with Gasteiger partial charge in [0.1, 0.15) is 0 Å². The molecule has 2 heteroatoms. The topological polar surface area (TPSA) is 12.0 Å². The molecule has 1 unspecified atom stereocenters. The van der Waals surface area contributed by atoms with Gasteiger partial charge in [0.05, 0.1) is 0 Å². The van der Waals surface area contributed by atoms with Gasteiger partial charge in [-0.15, -0.1) is 11.3 Å². The van der Waals surface area contributed by atoms with Crippen LogP contribution >= 0.6 is 11.3 Å². The van der Waals surface area contributed by atoms with Crippen LogP contribution in [0, 0.1) is 0 Å². The highest BCUT2D eigenvalue weighted by Crippen LogP contribution is 2.28. The number of nitrogens with one attached hydrogen (secondary N) is 1. The Hall–Kier alpha value is -0.860. The lowest BCUT2D eigenvalue weighted by Crippen LogP contribution is -2.28. The van der Waals surface area contributed by atoms with Crippen molar-refractivity contribution in [3.8, 4) is 0 Å². The Labute approximate surface area is 94.1 Å². The van der Waals surface area contributed by atoms with Crippen LogP contribution in [0.5, 0.6) is 0 Å².